The summed E-state index contributed by atoms with van der Waals surface area (Å²) in [7, 11) is 0. The number of anilines is 2. The van der Waals surface area contributed by atoms with Crippen LogP contribution in [0, 0.1) is 17.8 Å². The molecule has 7 heteroatoms. The number of morpholine rings is 1. The fraction of sp³-hybridized carbons (Fsp3) is 0.737. The van der Waals surface area contributed by atoms with Gasteiger partial charge in [0.1, 0.15) is 18.0 Å². The number of aromatic nitrogens is 2. The minimum Gasteiger partial charge on any atom is -0.378 e. The molecule has 4 saturated carbocycles. The number of urea groups is 1. The summed E-state index contributed by atoms with van der Waals surface area (Å²) in [6.07, 6.45) is 9.08. The second-order valence-electron chi connectivity index (χ2n) is 8.64. The maximum Gasteiger partial charge on any atom is 0.320 e. The molecule has 1 aliphatic heterocycles. The van der Waals surface area contributed by atoms with Crippen LogP contribution < -0.4 is 15.5 Å². The summed E-state index contributed by atoms with van der Waals surface area (Å²) >= 11 is 0. The quantitative estimate of drug-likeness (QED) is 0.868. The molecular formula is C19H27N5O2. The highest BCUT2D eigenvalue weighted by Gasteiger charge is 2.51. The number of nitrogens with zero attached hydrogens (tertiary/aromatic N) is 3. The van der Waals surface area contributed by atoms with Gasteiger partial charge in [0.2, 0.25) is 0 Å². The summed E-state index contributed by atoms with van der Waals surface area (Å²) in [4.78, 5) is 23.4. The maximum atomic E-state index is 12.7. The van der Waals surface area contributed by atoms with Gasteiger partial charge in [-0.15, -0.1) is 0 Å². The molecule has 1 aromatic rings. The fourth-order valence-corrected chi connectivity index (χ4v) is 6.03. The van der Waals surface area contributed by atoms with Gasteiger partial charge < -0.3 is 15.0 Å². The molecule has 0 aromatic carbocycles. The molecule has 2 heterocycles. The molecule has 26 heavy (non-hydrogen) atoms. The number of carbonyl (C=O) groups excluding carboxylic acids is 1. The van der Waals surface area contributed by atoms with E-state index in [4.69, 9.17) is 4.74 Å². The van der Waals surface area contributed by atoms with Crippen molar-refractivity contribution >= 4 is 17.7 Å². The average molecular weight is 357 g/mol. The predicted molar refractivity (Wildman–Crippen MR) is 98.1 cm³/mol. The number of amides is 2. The van der Waals surface area contributed by atoms with E-state index in [0.717, 1.165) is 55.9 Å². The molecule has 140 valence electrons. The zero-order valence-electron chi connectivity index (χ0n) is 15.1. The first kappa shape index (κ1) is 16.3. The lowest BCUT2D eigenvalue weighted by Gasteiger charge is -2.56. The fourth-order valence-electron chi connectivity index (χ4n) is 6.03. The second kappa shape index (κ2) is 6.37. The zero-order chi connectivity index (χ0) is 17.6. The van der Waals surface area contributed by atoms with Crippen molar-refractivity contribution in [2.45, 2.75) is 44.1 Å². The van der Waals surface area contributed by atoms with E-state index in [0.29, 0.717) is 19.0 Å². The van der Waals surface area contributed by atoms with E-state index in [1.54, 1.807) is 0 Å². The Morgan fingerprint density at radius 2 is 1.73 bits per heavy atom. The van der Waals surface area contributed by atoms with Gasteiger partial charge in [-0.25, -0.2) is 14.8 Å². The molecule has 1 saturated heterocycles. The van der Waals surface area contributed by atoms with Crippen molar-refractivity contribution in [3.05, 3.63) is 12.4 Å². The molecule has 4 bridgehead atoms. The molecule has 5 aliphatic rings. The van der Waals surface area contributed by atoms with Crippen LogP contribution in [0.1, 0.15) is 38.5 Å². The summed E-state index contributed by atoms with van der Waals surface area (Å²) in [6, 6.07) is 1.73. The van der Waals surface area contributed by atoms with Crippen LogP contribution >= 0.6 is 0 Å². The first-order valence-electron chi connectivity index (χ1n) is 9.91. The van der Waals surface area contributed by atoms with Crippen molar-refractivity contribution in [3.63, 3.8) is 0 Å². The Balaban J connectivity index is 1.24. The van der Waals surface area contributed by atoms with Crippen molar-refractivity contribution in [3.8, 4) is 0 Å². The van der Waals surface area contributed by atoms with Crippen molar-refractivity contribution in [2.75, 3.05) is 36.5 Å². The third-order valence-corrected chi connectivity index (χ3v) is 6.65. The number of carbonyl (C=O) groups is 1. The van der Waals surface area contributed by atoms with E-state index in [-0.39, 0.29) is 11.6 Å². The summed E-state index contributed by atoms with van der Waals surface area (Å²) in [5.41, 5.74) is 0.0128. The number of nitrogens with one attached hydrogen (secondary N) is 2. The van der Waals surface area contributed by atoms with Gasteiger partial charge in [-0.05, 0) is 56.3 Å². The molecule has 1 aromatic heterocycles. The molecule has 0 atom stereocenters. The normalized spacial score (nSPS) is 35.4. The molecule has 0 unspecified atom stereocenters. The maximum absolute atomic E-state index is 12.7. The number of hydrogen-bond donors (Lipinski definition) is 2. The third-order valence-electron chi connectivity index (χ3n) is 6.65. The number of hydrogen-bond acceptors (Lipinski definition) is 5. The first-order chi connectivity index (χ1) is 12.7. The molecule has 5 fully saturated rings. The van der Waals surface area contributed by atoms with Crippen molar-refractivity contribution in [2.24, 2.45) is 17.8 Å². The van der Waals surface area contributed by atoms with E-state index in [1.165, 1.54) is 25.6 Å². The molecule has 0 spiro atoms. The number of rotatable bonds is 3. The molecule has 0 radical (unpaired) electrons. The van der Waals surface area contributed by atoms with Crippen LogP contribution in [0.5, 0.6) is 0 Å². The SMILES string of the molecule is O=C(Nc1cc(N2CCOCC2)ncn1)NC12CC3CC(CC(C3)C1)C2. The van der Waals surface area contributed by atoms with E-state index >= 15 is 0 Å². The Labute approximate surface area is 153 Å². The van der Waals surface area contributed by atoms with Gasteiger partial charge in [0.15, 0.2) is 0 Å². The highest BCUT2D eigenvalue weighted by atomic mass is 16.5. The molecule has 2 N–H and O–H groups in total. The summed E-state index contributed by atoms with van der Waals surface area (Å²) in [6.45, 7) is 3.05. The van der Waals surface area contributed by atoms with E-state index < -0.39 is 0 Å². The van der Waals surface area contributed by atoms with Gasteiger partial charge in [0.25, 0.3) is 0 Å². The standard InChI is InChI=1S/C19H27N5O2/c25-18(23-19-9-13-5-14(10-19)7-15(6-13)11-19)22-16-8-17(21-12-20-16)24-1-3-26-4-2-24/h8,12-15H,1-7,9-11H2,(H2,20,21,22,23,25). The van der Waals surface area contributed by atoms with Crippen LogP contribution in [0.4, 0.5) is 16.4 Å². The van der Waals surface area contributed by atoms with E-state index in [2.05, 4.69) is 25.5 Å². The predicted octanol–water partition coefficient (Wildman–Crippen LogP) is 2.40. The first-order valence-corrected chi connectivity index (χ1v) is 9.91. The second-order valence-corrected chi connectivity index (χ2v) is 8.64. The monoisotopic (exact) mass is 357 g/mol. The summed E-state index contributed by atoms with van der Waals surface area (Å²) < 4.78 is 5.39. The molecule has 7 nitrogen and oxygen atoms in total. The molecule has 2 amide bonds. The smallest absolute Gasteiger partial charge is 0.320 e. The van der Waals surface area contributed by atoms with Crippen LogP contribution in [0.25, 0.3) is 0 Å². The topological polar surface area (TPSA) is 79.4 Å². The number of ether oxygens (including phenoxy) is 1. The minimum absolute atomic E-state index is 0.0128. The Morgan fingerprint density at radius 3 is 2.38 bits per heavy atom. The van der Waals surface area contributed by atoms with Gasteiger partial charge in [-0.3, -0.25) is 5.32 Å². The highest BCUT2D eigenvalue weighted by molar-refractivity contribution is 5.89. The van der Waals surface area contributed by atoms with Gasteiger partial charge in [0.05, 0.1) is 13.2 Å². The van der Waals surface area contributed by atoms with Gasteiger partial charge in [-0.2, -0.15) is 0 Å². The Kier molecular flexibility index (Phi) is 3.99. The molecular weight excluding hydrogens is 330 g/mol. The summed E-state index contributed by atoms with van der Waals surface area (Å²) in [5, 5.41) is 6.27. The van der Waals surface area contributed by atoms with E-state index in [1.807, 2.05) is 6.07 Å². The lowest BCUT2D eigenvalue weighted by atomic mass is 9.53. The van der Waals surface area contributed by atoms with E-state index in [9.17, 15) is 4.79 Å². The average Bonchev–Trinajstić information content (AvgIpc) is 2.61. The van der Waals surface area contributed by atoms with Gasteiger partial charge >= 0.3 is 6.03 Å². The molecule has 4 aliphatic carbocycles. The van der Waals surface area contributed by atoms with Crippen LogP contribution in [0.15, 0.2) is 12.4 Å². The van der Waals surface area contributed by atoms with Crippen molar-refractivity contribution in [1.29, 1.82) is 0 Å². The summed E-state index contributed by atoms with van der Waals surface area (Å²) in [5.74, 6) is 3.84. The van der Waals surface area contributed by atoms with Crippen LogP contribution in [-0.2, 0) is 4.74 Å². The van der Waals surface area contributed by atoms with Crippen molar-refractivity contribution < 1.29 is 9.53 Å². The van der Waals surface area contributed by atoms with Crippen molar-refractivity contribution in [1.82, 2.24) is 15.3 Å². The Morgan fingerprint density at radius 1 is 1.08 bits per heavy atom. The van der Waals surface area contributed by atoms with Crippen LogP contribution in [0.3, 0.4) is 0 Å². The Bertz CT molecular complexity index is 653. The Hall–Kier alpha value is -1.89. The van der Waals surface area contributed by atoms with Gasteiger partial charge in [0, 0.05) is 24.7 Å². The zero-order valence-corrected chi connectivity index (χ0v) is 15.1. The lowest BCUT2D eigenvalue weighted by Crippen LogP contribution is -2.60. The highest BCUT2D eigenvalue weighted by Crippen LogP contribution is 2.55. The largest absolute Gasteiger partial charge is 0.378 e. The lowest BCUT2D eigenvalue weighted by molar-refractivity contribution is -0.0127. The third kappa shape index (κ3) is 3.13. The van der Waals surface area contributed by atoms with Gasteiger partial charge in [-0.1, -0.05) is 0 Å². The van der Waals surface area contributed by atoms with Crippen LogP contribution in [-0.4, -0.2) is 47.8 Å². The molecule has 6 rings (SSSR count). The minimum atomic E-state index is -0.126. The van der Waals surface area contributed by atoms with Crippen LogP contribution in [0.2, 0.25) is 0 Å².